The van der Waals surface area contributed by atoms with E-state index in [9.17, 15) is 14.4 Å². The van der Waals surface area contributed by atoms with Crippen LogP contribution in [0.3, 0.4) is 0 Å². The fourth-order valence-corrected chi connectivity index (χ4v) is 8.92. The van der Waals surface area contributed by atoms with Gasteiger partial charge in [-0.15, -0.1) is 0 Å². The minimum absolute atomic E-state index is 0.0996. The molecule has 0 heterocycles. The molecule has 412 valence electrons. The van der Waals surface area contributed by atoms with Gasteiger partial charge in [-0.25, -0.2) is 0 Å². The van der Waals surface area contributed by atoms with Gasteiger partial charge in [0.05, 0.1) is 0 Å². The van der Waals surface area contributed by atoms with E-state index in [1.807, 2.05) is 12.2 Å². The first-order valence-electron chi connectivity index (χ1n) is 30.8. The molecule has 0 aromatic heterocycles. The molecule has 0 aliphatic rings. The van der Waals surface area contributed by atoms with Crippen LogP contribution in [0.15, 0.2) is 60.8 Å². The second-order valence-corrected chi connectivity index (χ2v) is 20.6. The van der Waals surface area contributed by atoms with Crippen LogP contribution >= 0.6 is 0 Å². The van der Waals surface area contributed by atoms with Crippen LogP contribution in [0.1, 0.15) is 316 Å². The van der Waals surface area contributed by atoms with E-state index in [0.29, 0.717) is 19.3 Å². The Morgan fingerprint density at radius 2 is 0.577 bits per heavy atom. The Morgan fingerprint density at radius 1 is 0.296 bits per heavy atom. The van der Waals surface area contributed by atoms with E-state index >= 15 is 0 Å². The summed E-state index contributed by atoms with van der Waals surface area (Å²) in [5, 5.41) is 0. The number of carbonyl (C=O) groups excluding carboxylic acids is 3. The van der Waals surface area contributed by atoms with Crippen molar-refractivity contribution in [3.8, 4) is 0 Å². The highest BCUT2D eigenvalue weighted by molar-refractivity contribution is 5.71. The molecule has 0 amide bonds. The highest BCUT2D eigenvalue weighted by atomic mass is 16.6. The van der Waals surface area contributed by atoms with Gasteiger partial charge < -0.3 is 14.2 Å². The molecule has 0 fully saturated rings. The quantitative estimate of drug-likeness (QED) is 0.0261. The Morgan fingerprint density at radius 3 is 0.915 bits per heavy atom. The number of carbonyl (C=O) groups is 3. The van der Waals surface area contributed by atoms with Crippen LogP contribution in [-0.4, -0.2) is 37.2 Å². The molecule has 0 aromatic rings. The average Bonchev–Trinajstić information content (AvgIpc) is 3.37. The summed E-state index contributed by atoms with van der Waals surface area (Å²) in [6.45, 7) is 6.44. The molecule has 0 aromatic carbocycles. The van der Waals surface area contributed by atoms with Gasteiger partial charge in [-0.3, -0.25) is 14.4 Å². The monoisotopic (exact) mass is 993 g/mol. The van der Waals surface area contributed by atoms with Crippen molar-refractivity contribution in [1.82, 2.24) is 0 Å². The Balaban J connectivity index is 3.96. The van der Waals surface area contributed by atoms with Gasteiger partial charge in [0.25, 0.3) is 0 Å². The molecule has 0 aliphatic heterocycles. The van der Waals surface area contributed by atoms with Gasteiger partial charge in [0.15, 0.2) is 6.10 Å². The van der Waals surface area contributed by atoms with E-state index in [1.165, 1.54) is 205 Å². The van der Waals surface area contributed by atoms with Crippen molar-refractivity contribution in [3.63, 3.8) is 0 Å². The summed E-state index contributed by atoms with van der Waals surface area (Å²) < 4.78 is 16.7. The lowest BCUT2D eigenvalue weighted by Crippen LogP contribution is -2.30. The van der Waals surface area contributed by atoms with Gasteiger partial charge in [0.2, 0.25) is 0 Å². The number of unbranched alkanes of at least 4 members (excludes halogenated alkanes) is 35. The lowest BCUT2D eigenvalue weighted by molar-refractivity contribution is -0.166. The SMILES string of the molecule is CC/C=C\C/C=C\C/C=C\C/C=C\CCC(=O)OC(COC(=O)CCCCCCCCC)COC(=O)CCCCCCCCCCCCCCCCCCCCCCC/C=C\CCCCCCCCCC. The van der Waals surface area contributed by atoms with E-state index in [-0.39, 0.29) is 37.5 Å². The maximum Gasteiger partial charge on any atom is 0.306 e. The van der Waals surface area contributed by atoms with Gasteiger partial charge in [0, 0.05) is 19.3 Å². The van der Waals surface area contributed by atoms with E-state index in [2.05, 4.69) is 69.4 Å². The molecule has 6 nitrogen and oxygen atoms in total. The summed E-state index contributed by atoms with van der Waals surface area (Å²) in [5.41, 5.74) is 0. The third-order valence-electron chi connectivity index (χ3n) is 13.5. The van der Waals surface area contributed by atoms with Crippen LogP contribution in [0.25, 0.3) is 0 Å². The minimum Gasteiger partial charge on any atom is -0.462 e. The smallest absolute Gasteiger partial charge is 0.306 e. The number of ether oxygens (including phenoxy) is 3. The molecule has 0 aliphatic carbocycles. The van der Waals surface area contributed by atoms with Crippen molar-refractivity contribution < 1.29 is 28.6 Å². The predicted octanol–water partition coefficient (Wildman–Crippen LogP) is 20.8. The van der Waals surface area contributed by atoms with Gasteiger partial charge in [-0.2, -0.15) is 0 Å². The zero-order valence-electron chi connectivity index (χ0n) is 47.2. The normalized spacial score (nSPS) is 12.4. The first-order valence-corrected chi connectivity index (χ1v) is 30.8. The molecule has 0 rings (SSSR count). The minimum atomic E-state index is -0.807. The summed E-state index contributed by atoms with van der Waals surface area (Å²) in [7, 11) is 0. The second-order valence-electron chi connectivity index (χ2n) is 20.6. The van der Waals surface area contributed by atoms with Crippen molar-refractivity contribution in [1.29, 1.82) is 0 Å². The lowest BCUT2D eigenvalue weighted by Gasteiger charge is -2.18. The standard InChI is InChI=1S/C65H116O6/c1-4-7-10-13-16-18-20-22-23-24-25-26-27-28-29-30-31-32-33-34-35-36-37-38-39-40-41-43-44-46-49-52-55-58-64(67)70-61-62(60-69-63(66)57-54-51-48-15-12-9-6-3)71-65(68)59-56-53-50-47-45-42-21-19-17-14-11-8-5-2/h8,11,17,19,24-25,42,45,50,53,62H,4-7,9-10,12-16,18,20-23,26-41,43-44,46-49,51-52,54-61H2,1-3H3/b11-8-,19-17-,25-24-,45-42-,53-50-. The Hall–Kier alpha value is -2.89. The van der Waals surface area contributed by atoms with E-state index < -0.39 is 6.10 Å². The fourth-order valence-electron chi connectivity index (χ4n) is 8.92. The molecule has 6 heteroatoms. The average molecular weight is 994 g/mol. The highest BCUT2D eigenvalue weighted by Gasteiger charge is 2.19. The summed E-state index contributed by atoms with van der Waals surface area (Å²) in [5.74, 6) is -0.979. The van der Waals surface area contributed by atoms with Gasteiger partial charge in [0.1, 0.15) is 13.2 Å². The Labute approximate surface area is 440 Å². The Kier molecular flexibility index (Phi) is 57.2. The van der Waals surface area contributed by atoms with Crippen molar-refractivity contribution in [2.45, 2.75) is 322 Å². The zero-order valence-corrected chi connectivity index (χ0v) is 47.2. The highest BCUT2D eigenvalue weighted by Crippen LogP contribution is 2.17. The number of esters is 3. The van der Waals surface area contributed by atoms with Crippen LogP contribution in [-0.2, 0) is 28.6 Å². The summed E-state index contributed by atoms with van der Waals surface area (Å²) in [4.78, 5) is 37.8. The zero-order chi connectivity index (χ0) is 51.4. The molecule has 0 spiro atoms. The molecule has 0 radical (unpaired) electrons. The molecule has 0 N–H and O–H groups in total. The molecule has 1 unspecified atom stereocenters. The van der Waals surface area contributed by atoms with Crippen LogP contribution in [0.4, 0.5) is 0 Å². The van der Waals surface area contributed by atoms with Crippen molar-refractivity contribution >= 4 is 17.9 Å². The topological polar surface area (TPSA) is 78.9 Å². The van der Waals surface area contributed by atoms with Gasteiger partial charge >= 0.3 is 17.9 Å². The molecule has 0 bridgehead atoms. The molecular weight excluding hydrogens is 877 g/mol. The summed E-state index contributed by atoms with van der Waals surface area (Å²) >= 11 is 0. The maximum absolute atomic E-state index is 12.7. The number of allylic oxidation sites excluding steroid dienone is 10. The number of rotatable bonds is 56. The Bertz CT molecular complexity index is 1280. The number of hydrogen-bond donors (Lipinski definition) is 0. The van der Waals surface area contributed by atoms with Crippen LogP contribution in [0.2, 0.25) is 0 Å². The van der Waals surface area contributed by atoms with E-state index in [0.717, 1.165) is 64.2 Å². The van der Waals surface area contributed by atoms with Crippen LogP contribution in [0.5, 0.6) is 0 Å². The lowest BCUT2D eigenvalue weighted by atomic mass is 10.0. The number of hydrogen-bond acceptors (Lipinski definition) is 6. The molecule has 71 heavy (non-hydrogen) atoms. The fraction of sp³-hybridized carbons (Fsp3) is 0.800. The third kappa shape index (κ3) is 57.9. The molecule has 1 atom stereocenters. The van der Waals surface area contributed by atoms with Crippen LogP contribution < -0.4 is 0 Å². The molecular formula is C65H116O6. The summed E-state index contributed by atoms with van der Waals surface area (Å²) in [6, 6.07) is 0. The van der Waals surface area contributed by atoms with Crippen molar-refractivity contribution in [2.75, 3.05) is 13.2 Å². The molecule has 0 saturated carbocycles. The van der Waals surface area contributed by atoms with Gasteiger partial charge in [-0.1, -0.05) is 287 Å². The molecule has 0 saturated heterocycles. The first kappa shape index (κ1) is 68.1. The summed E-state index contributed by atoms with van der Waals surface area (Å²) in [6.07, 6.45) is 75.9. The predicted molar refractivity (Wildman–Crippen MR) is 307 cm³/mol. The van der Waals surface area contributed by atoms with Crippen molar-refractivity contribution in [2.24, 2.45) is 0 Å². The maximum atomic E-state index is 12.7. The largest absolute Gasteiger partial charge is 0.462 e. The first-order chi connectivity index (χ1) is 35.0. The third-order valence-corrected chi connectivity index (χ3v) is 13.5. The van der Waals surface area contributed by atoms with E-state index in [1.54, 1.807) is 0 Å². The second kappa shape index (κ2) is 59.7. The van der Waals surface area contributed by atoms with Crippen molar-refractivity contribution in [3.05, 3.63) is 60.8 Å². The van der Waals surface area contributed by atoms with Crippen LogP contribution in [0, 0.1) is 0 Å². The van der Waals surface area contributed by atoms with E-state index in [4.69, 9.17) is 14.2 Å². The van der Waals surface area contributed by atoms with Gasteiger partial charge in [-0.05, 0) is 70.6 Å².